The highest BCUT2D eigenvalue weighted by Gasteiger charge is 2.07. The van der Waals surface area contributed by atoms with Crippen LogP contribution in [-0.4, -0.2) is 16.8 Å². The van der Waals surface area contributed by atoms with Crippen LogP contribution >= 0.6 is 0 Å². The summed E-state index contributed by atoms with van der Waals surface area (Å²) >= 11 is 0. The highest BCUT2D eigenvalue weighted by Crippen LogP contribution is 1.99. The topological polar surface area (TPSA) is 61.2 Å². The van der Waals surface area contributed by atoms with E-state index in [1.165, 1.54) is 13.8 Å². The molecule has 3 nitrogen and oxygen atoms in total. The lowest BCUT2D eigenvalue weighted by molar-refractivity contribution is -0.129. The van der Waals surface area contributed by atoms with E-state index in [-0.39, 0.29) is 0 Å². The van der Waals surface area contributed by atoms with E-state index >= 15 is 0 Å². The van der Waals surface area contributed by atoms with Crippen LogP contribution in [0.25, 0.3) is 0 Å². The van der Waals surface area contributed by atoms with E-state index < -0.39 is 24.0 Å². The second kappa shape index (κ2) is 3.22. The predicted octanol–water partition coefficient (Wildman–Crippen LogP) is 1.14. The minimum Gasteiger partial charge on any atom is -0.477 e. The van der Waals surface area contributed by atoms with Gasteiger partial charge in [0, 0.05) is 2.74 Å². The van der Waals surface area contributed by atoms with E-state index in [1.807, 2.05) is 0 Å². The second-order valence-corrected chi connectivity index (χ2v) is 1.98. The highest BCUT2D eigenvalue weighted by atomic mass is 16.4. The molecule has 0 fully saturated rings. The van der Waals surface area contributed by atoms with E-state index in [2.05, 4.69) is 0 Å². The van der Waals surface area contributed by atoms with Gasteiger partial charge in [-0.05, 0) is 12.3 Å². The molecule has 3 heteroatoms. The van der Waals surface area contributed by atoms with Crippen LogP contribution in [-0.2, 0) is 4.79 Å². The highest BCUT2D eigenvalue weighted by molar-refractivity contribution is 6.34. The lowest BCUT2D eigenvalue weighted by atomic mass is 10.1. The van der Waals surface area contributed by atoms with Crippen molar-refractivity contribution in [3.63, 3.8) is 0 Å². The van der Waals surface area contributed by atoms with Crippen LogP contribution in [0.15, 0.2) is 0 Å². The van der Waals surface area contributed by atoms with Crippen molar-refractivity contribution in [2.24, 2.45) is 5.92 Å². The summed E-state index contributed by atoms with van der Waals surface area (Å²) in [6, 6.07) is 0. The van der Waals surface area contributed by atoms with Crippen molar-refractivity contribution in [2.75, 3.05) is 0 Å². The molecule has 9 heavy (non-hydrogen) atoms. The van der Waals surface area contributed by atoms with E-state index in [0.29, 0.717) is 0 Å². The molecular formula is C6H11NO2. The molecule has 0 aromatic heterocycles. The second-order valence-electron chi connectivity index (χ2n) is 1.98. The standard InChI is InChI=1S/C6H11NO2/c1-4(2)3-5(7)6(8)9/h4,7H,3H2,1-2H3,(H,8,9)/i3D2. The van der Waals surface area contributed by atoms with E-state index in [0.717, 1.165) is 0 Å². The van der Waals surface area contributed by atoms with Crippen molar-refractivity contribution >= 4 is 11.7 Å². The van der Waals surface area contributed by atoms with Crippen molar-refractivity contribution in [1.29, 1.82) is 5.41 Å². The third kappa shape index (κ3) is 3.70. The maximum absolute atomic E-state index is 10.2. The van der Waals surface area contributed by atoms with Crippen LogP contribution in [0, 0.1) is 11.3 Å². The first-order valence-corrected chi connectivity index (χ1v) is 2.62. The molecule has 0 aromatic carbocycles. The summed E-state index contributed by atoms with van der Waals surface area (Å²) in [4.78, 5) is 10.2. The lowest BCUT2D eigenvalue weighted by Gasteiger charge is -1.99. The molecule has 0 rings (SSSR count). The Labute approximate surface area is 57.0 Å². The van der Waals surface area contributed by atoms with E-state index in [9.17, 15) is 4.79 Å². The molecule has 0 spiro atoms. The van der Waals surface area contributed by atoms with Crippen molar-refractivity contribution < 1.29 is 12.6 Å². The van der Waals surface area contributed by atoms with Crippen molar-refractivity contribution in [3.05, 3.63) is 0 Å². The molecule has 0 aliphatic rings. The van der Waals surface area contributed by atoms with Gasteiger partial charge in [-0.3, -0.25) is 5.41 Å². The quantitative estimate of drug-likeness (QED) is 0.564. The van der Waals surface area contributed by atoms with Crippen molar-refractivity contribution in [1.82, 2.24) is 0 Å². The molecule has 0 bridgehead atoms. The number of rotatable bonds is 3. The molecule has 0 amide bonds. The molecule has 0 heterocycles. The van der Waals surface area contributed by atoms with Gasteiger partial charge in [-0.25, -0.2) is 4.79 Å². The van der Waals surface area contributed by atoms with Gasteiger partial charge in [0.1, 0.15) is 5.71 Å². The van der Waals surface area contributed by atoms with Gasteiger partial charge in [0.05, 0.1) is 0 Å². The van der Waals surface area contributed by atoms with Crippen LogP contribution in [0.4, 0.5) is 0 Å². The van der Waals surface area contributed by atoms with Gasteiger partial charge in [0.15, 0.2) is 0 Å². The summed E-state index contributed by atoms with van der Waals surface area (Å²) < 4.78 is 14.4. The third-order valence-corrected chi connectivity index (χ3v) is 0.647. The number of hydrogen-bond acceptors (Lipinski definition) is 2. The largest absolute Gasteiger partial charge is 0.477 e. The minimum atomic E-state index is -2.04. The van der Waals surface area contributed by atoms with Gasteiger partial charge in [0.25, 0.3) is 0 Å². The molecule has 0 atom stereocenters. The van der Waals surface area contributed by atoms with Crippen molar-refractivity contribution in [3.8, 4) is 0 Å². The molecule has 0 aliphatic carbocycles. The zero-order valence-electron chi connectivity index (χ0n) is 7.43. The molecule has 0 unspecified atom stereocenters. The predicted molar refractivity (Wildman–Crippen MR) is 34.8 cm³/mol. The van der Waals surface area contributed by atoms with Crippen LogP contribution in [0.1, 0.15) is 23.0 Å². The Morgan fingerprint density at radius 1 is 1.89 bits per heavy atom. The van der Waals surface area contributed by atoms with Gasteiger partial charge >= 0.3 is 5.97 Å². The average molecular weight is 131 g/mol. The summed E-state index contributed by atoms with van der Waals surface area (Å²) in [6.07, 6.45) is -2.04. The van der Waals surface area contributed by atoms with Gasteiger partial charge in [-0.2, -0.15) is 0 Å². The zero-order valence-corrected chi connectivity index (χ0v) is 5.43. The summed E-state index contributed by atoms with van der Waals surface area (Å²) in [5.41, 5.74) is -0.882. The average Bonchev–Trinajstić information content (AvgIpc) is 1.85. The Morgan fingerprint density at radius 3 is 2.44 bits per heavy atom. The zero-order chi connectivity index (χ0) is 9.23. The molecule has 2 N–H and O–H groups in total. The molecule has 0 radical (unpaired) electrons. The van der Waals surface area contributed by atoms with Crippen LogP contribution in [0.5, 0.6) is 0 Å². The van der Waals surface area contributed by atoms with Gasteiger partial charge < -0.3 is 5.11 Å². The van der Waals surface area contributed by atoms with E-state index in [4.69, 9.17) is 13.3 Å². The van der Waals surface area contributed by atoms with Gasteiger partial charge in [0.2, 0.25) is 0 Å². The molecule has 0 saturated carbocycles. The van der Waals surface area contributed by atoms with E-state index in [1.54, 1.807) is 0 Å². The first-order valence-electron chi connectivity index (χ1n) is 3.62. The summed E-state index contributed by atoms with van der Waals surface area (Å²) in [6.45, 7) is 3.08. The molecule has 0 aliphatic heterocycles. The molecule has 0 saturated heterocycles. The molecule has 52 valence electrons. The summed E-state index contributed by atoms with van der Waals surface area (Å²) in [5.74, 6) is -1.99. The monoisotopic (exact) mass is 131 g/mol. The Kier molecular flexibility index (Phi) is 1.78. The number of carboxylic acid groups (broad SMARTS) is 1. The fraction of sp³-hybridized carbons (Fsp3) is 0.667. The Morgan fingerprint density at radius 2 is 2.33 bits per heavy atom. The third-order valence-electron chi connectivity index (χ3n) is 0.647. The fourth-order valence-electron chi connectivity index (χ4n) is 0.350. The van der Waals surface area contributed by atoms with Crippen LogP contribution in [0.3, 0.4) is 0 Å². The van der Waals surface area contributed by atoms with Gasteiger partial charge in [-0.1, -0.05) is 13.8 Å². The maximum atomic E-state index is 10.2. The first-order chi connectivity index (χ1) is 4.80. The number of hydrogen-bond donors (Lipinski definition) is 2. The summed E-state index contributed by atoms with van der Waals surface area (Å²) in [7, 11) is 0. The Balaban J connectivity index is 4.56. The molecular weight excluding hydrogens is 118 g/mol. The van der Waals surface area contributed by atoms with Crippen LogP contribution in [0.2, 0.25) is 0 Å². The minimum absolute atomic E-state index is 0.494. The Bertz CT molecular complexity index is 189. The number of nitrogens with one attached hydrogen (secondary N) is 1. The lowest BCUT2D eigenvalue weighted by Crippen LogP contribution is -2.13. The number of aliphatic carboxylic acids is 1. The normalized spacial score (nSPS) is 14.6. The SMILES string of the molecule is [2H]C([2H])(C(=N)C(=O)O)C(C)C. The molecule has 0 aromatic rings. The number of carbonyl (C=O) groups is 1. The van der Waals surface area contributed by atoms with Crippen molar-refractivity contribution in [2.45, 2.75) is 20.2 Å². The smallest absolute Gasteiger partial charge is 0.349 e. The number of carboxylic acids is 1. The maximum Gasteiger partial charge on any atom is 0.349 e. The van der Waals surface area contributed by atoms with Gasteiger partial charge in [-0.15, -0.1) is 0 Å². The first kappa shape index (κ1) is 4.97. The fourth-order valence-corrected chi connectivity index (χ4v) is 0.350. The Hall–Kier alpha value is -0.860. The van der Waals surface area contributed by atoms with Crippen LogP contribution < -0.4 is 0 Å². The summed E-state index contributed by atoms with van der Waals surface area (Å²) in [5, 5.41) is 15.2.